The van der Waals surface area contributed by atoms with E-state index in [4.69, 9.17) is 6.42 Å². The fraction of sp³-hybridized carbons (Fsp3) is 0.500. The van der Waals surface area contributed by atoms with Gasteiger partial charge in [0.25, 0.3) is 0 Å². The van der Waals surface area contributed by atoms with Gasteiger partial charge in [-0.2, -0.15) is 0 Å². The summed E-state index contributed by atoms with van der Waals surface area (Å²) in [6.07, 6.45) is 7.89. The summed E-state index contributed by atoms with van der Waals surface area (Å²) < 4.78 is 2.26. The van der Waals surface area contributed by atoms with Crippen molar-refractivity contribution in [3.63, 3.8) is 0 Å². The molecule has 62 valence electrons. The molecule has 0 saturated heterocycles. The Balaban J connectivity index is 2.53. The predicted molar refractivity (Wildman–Crippen MR) is 47.9 cm³/mol. The lowest BCUT2D eigenvalue weighted by Gasteiger charge is -2.03. The van der Waals surface area contributed by atoms with Crippen molar-refractivity contribution >= 4 is 0 Å². The number of hydrogen-bond donors (Lipinski definition) is 0. The molecule has 2 heteroatoms. The number of imidazole rings is 1. The molecule has 1 aromatic heterocycles. The molecule has 1 saturated carbocycles. The van der Waals surface area contributed by atoms with Crippen molar-refractivity contribution in [2.24, 2.45) is 0 Å². The highest BCUT2D eigenvalue weighted by Crippen LogP contribution is 2.37. The summed E-state index contributed by atoms with van der Waals surface area (Å²) in [6.45, 7) is 4.07. The minimum Gasteiger partial charge on any atom is -0.328 e. The smallest absolute Gasteiger partial charge is 0.134 e. The zero-order chi connectivity index (χ0) is 8.72. The van der Waals surface area contributed by atoms with Gasteiger partial charge in [0.15, 0.2) is 0 Å². The van der Waals surface area contributed by atoms with Crippen LogP contribution in [-0.4, -0.2) is 9.55 Å². The van der Waals surface area contributed by atoms with Gasteiger partial charge in [0.1, 0.15) is 11.5 Å². The maximum Gasteiger partial charge on any atom is 0.134 e. The van der Waals surface area contributed by atoms with E-state index in [0.29, 0.717) is 6.04 Å². The predicted octanol–water partition coefficient (Wildman–Crippen LogP) is 1.82. The van der Waals surface area contributed by atoms with E-state index >= 15 is 0 Å². The average molecular weight is 160 g/mol. The van der Waals surface area contributed by atoms with Crippen LogP contribution in [0.5, 0.6) is 0 Å². The highest BCUT2D eigenvalue weighted by Gasteiger charge is 2.27. The lowest BCUT2D eigenvalue weighted by atomic mass is 10.3. The molecule has 0 atom stereocenters. The van der Waals surface area contributed by atoms with Gasteiger partial charge in [0.05, 0.1) is 5.69 Å². The van der Waals surface area contributed by atoms with E-state index in [1.165, 1.54) is 12.8 Å². The molecule has 2 nitrogen and oxygen atoms in total. The molecule has 1 aliphatic rings. The van der Waals surface area contributed by atoms with E-state index in [1.807, 2.05) is 13.8 Å². The molecule has 12 heavy (non-hydrogen) atoms. The van der Waals surface area contributed by atoms with Gasteiger partial charge in [-0.15, -0.1) is 6.42 Å². The molecule has 1 heterocycles. The Morgan fingerprint density at radius 3 is 2.58 bits per heavy atom. The van der Waals surface area contributed by atoms with E-state index in [1.54, 1.807) is 0 Å². The summed E-state index contributed by atoms with van der Waals surface area (Å²) >= 11 is 0. The molecule has 0 bridgehead atoms. The van der Waals surface area contributed by atoms with E-state index in [9.17, 15) is 0 Å². The Kier molecular flexibility index (Phi) is 1.47. The molecular weight excluding hydrogens is 148 g/mol. The average Bonchev–Trinajstić information content (AvgIpc) is 2.80. The maximum atomic E-state index is 5.33. The minimum absolute atomic E-state index is 0.680. The van der Waals surface area contributed by atoms with Gasteiger partial charge in [-0.1, -0.05) is 0 Å². The first-order chi connectivity index (χ1) is 5.74. The fourth-order valence-electron chi connectivity index (χ4n) is 1.66. The Morgan fingerprint density at radius 2 is 2.17 bits per heavy atom. The number of terminal acetylenes is 1. The molecular formula is C10H12N2. The van der Waals surface area contributed by atoms with Gasteiger partial charge in [0, 0.05) is 6.04 Å². The molecule has 1 fully saturated rings. The van der Waals surface area contributed by atoms with Crippen LogP contribution in [-0.2, 0) is 0 Å². The Hall–Kier alpha value is -1.23. The van der Waals surface area contributed by atoms with Crippen LogP contribution in [0.1, 0.15) is 36.1 Å². The maximum absolute atomic E-state index is 5.33. The SMILES string of the molecule is C#Cc1nc(C)n(C2CC2)c1C. The van der Waals surface area contributed by atoms with E-state index in [0.717, 1.165) is 17.2 Å². The number of aromatic nitrogens is 2. The molecule has 0 spiro atoms. The highest BCUT2D eigenvalue weighted by molar-refractivity contribution is 5.31. The largest absolute Gasteiger partial charge is 0.328 e. The van der Waals surface area contributed by atoms with Crippen molar-refractivity contribution in [1.29, 1.82) is 0 Å². The van der Waals surface area contributed by atoms with E-state index in [-0.39, 0.29) is 0 Å². The number of nitrogens with zero attached hydrogens (tertiary/aromatic N) is 2. The van der Waals surface area contributed by atoms with Gasteiger partial charge in [-0.05, 0) is 32.6 Å². The summed E-state index contributed by atoms with van der Waals surface area (Å²) in [5.74, 6) is 3.67. The van der Waals surface area contributed by atoms with Crippen molar-refractivity contribution in [1.82, 2.24) is 9.55 Å². The van der Waals surface area contributed by atoms with Gasteiger partial charge < -0.3 is 4.57 Å². The first-order valence-corrected chi connectivity index (χ1v) is 4.26. The van der Waals surface area contributed by atoms with Crippen molar-refractivity contribution in [2.75, 3.05) is 0 Å². The van der Waals surface area contributed by atoms with E-state index < -0.39 is 0 Å². The van der Waals surface area contributed by atoms with Crippen molar-refractivity contribution in [3.05, 3.63) is 17.2 Å². The van der Waals surface area contributed by atoms with Crippen LogP contribution >= 0.6 is 0 Å². The summed E-state index contributed by atoms with van der Waals surface area (Å²) in [6, 6.07) is 0.680. The van der Waals surface area contributed by atoms with Gasteiger partial charge in [-0.3, -0.25) is 0 Å². The molecule has 0 amide bonds. The van der Waals surface area contributed by atoms with Crippen molar-refractivity contribution < 1.29 is 0 Å². The Labute approximate surface area is 72.6 Å². The third-order valence-corrected chi connectivity index (χ3v) is 2.38. The second kappa shape index (κ2) is 2.38. The van der Waals surface area contributed by atoms with Gasteiger partial charge in [0.2, 0.25) is 0 Å². The highest BCUT2D eigenvalue weighted by atomic mass is 15.1. The van der Waals surface area contributed by atoms with Gasteiger partial charge >= 0.3 is 0 Å². The molecule has 0 radical (unpaired) electrons. The first kappa shape index (κ1) is 7.42. The molecule has 0 unspecified atom stereocenters. The number of aryl methyl sites for hydroxylation is 1. The number of hydrogen-bond acceptors (Lipinski definition) is 1. The monoisotopic (exact) mass is 160 g/mol. The Bertz CT molecular complexity index is 351. The molecule has 2 rings (SSSR count). The third kappa shape index (κ3) is 0.937. The van der Waals surface area contributed by atoms with Crippen LogP contribution in [0.2, 0.25) is 0 Å². The molecule has 0 N–H and O–H groups in total. The van der Waals surface area contributed by atoms with E-state index in [2.05, 4.69) is 15.5 Å². The topological polar surface area (TPSA) is 17.8 Å². The number of rotatable bonds is 1. The third-order valence-electron chi connectivity index (χ3n) is 2.38. The minimum atomic E-state index is 0.680. The molecule has 0 aromatic carbocycles. The van der Waals surface area contributed by atoms with Crippen molar-refractivity contribution in [3.8, 4) is 12.3 Å². The zero-order valence-electron chi connectivity index (χ0n) is 7.46. The summed E-state index contributed by atoms with van der Waals surface area (Å²) in [4.78, 5) is 4.32. The Morgan fingerprint density at radius 1 is 1.50 bits per heavy atom. The first-order valence-electron chi connectivity index (χ1n) is 4.26. The summed E-state index contributed by atoms with van der Waals surface area (Å²) in [5.41, 5.74) is 1.96. The van der Waals surface area contributed by atoms with Crippen LogP contribution in [0.4, 0.5) is 0 Å². The lowest BCUT2D eigenvalue weighted by molar-refractivity contribution is 0.690. The van der Waals surface area contributed by atoms with Crippen LogP contribution < -0.4 is 0 Å². The van der Waals surface area contributed by atoms with Crippen LogP contribution in [0.15, 0.2) is 0 Å². The second-order valence-corrected chi connectivity index (χ2v) is 3.34. The molecule has 1 aliphatic carbocycles. The molecule has 1 aromatic rings. The quantitative estimate of drug-likeness (QED) is 0.573. The molecule has 0 aliphatic heterocycles. The lowest BCUT2D eigenvalue weighted by Crippen LogP contribution is -1.98. The van der Waals surface area contributed by atoms with Crippen LogP contribution in [0, 0.1) is 26.2 Å². The summed E-state index contributed by atoms with van der Waals surface area (Å²) in [5, 5.41) is 0. The van der Waals surface area contributed by atoms with Gasteiger partial charge in [-0.25, -0.2) is 4.98 Å². The summed E-state index contributed by atoms with van der Waals surface area (Å²) in [7, 11) is 0. The van der Waals surface area contributed by atoms with Crippen LogP contribution in [0.25, 0.3) is 0 Å². The zero-order valence-corrected chi connectivity index (χ0v) is 7.46. The second-order valence-electron chi connectivity index (χ2n) is 3.34. The van der Waals surface area contributed by atoms with Crippen LogP contribution in [0.3, 0.4) is 0 Å². The fourth-order valence-corrected chi connectivity index (χ4v) is 1.66. The normalized spacial score (nSPS) is 16.1. The van der Waals surface area contributed by atoms with Crippen molar-refractivity contribution in [2.45, 2.75) is 32.7 Å². The standard InChI is InChI=1S/C10H12N2/c1-4-10-7(2)12(8(3)11-10)9-5-6-9/h1,9H,5-6H2,2-3H3.